The van der Waals surface area contributed by atoms with E-state index in [-0.39, 0.29) is 5.91 Å². The predicted octanol–water partition coefficient (Wildman–Crippen LogP) is 4.73. The molecule has 6 heteroatoms. The zero-order valence-corrected chi connectivity index (χ0v) is 17.1. The van der Waals surface area contributed by atoms with Crippen LogP contribution in [0.5, 0.6) is 5.75 Å². The van der Waals surface area contributed by atoms with E-state index in [9.17, 15) is 4.79 Å². The number of aryl methyl sites for hydroxylation is 1. The summed E-state index contributed by atoms with van der Waals surface area (Å²) in [6.07, 6.45) is 1.60. The summed E-state index contributed by atoms with van der Waals surface area (Å²) in [6.45, 7) is 2.50. The van der Waals surface area contributed by atoms with Gasteiger partial charge in [0.25, 0.3) is 5.91 Å². The van der Waals surface area contributed by atoms with Crippen molar-refractivity contribution in [1.82, 2.24) is 15.6 Å². The lowest BCUT2D eigenvalue weighted by Gasteiger charge is -2.07. The first-order valence-electron chi connectivity index (χ1n) is 9.90. The summed E-state index contributed by atoms with van der Waals surface area (Å²) < 4.78 is 5.87. The molecule has 1 heterocycles. The van der Waals surface area contributed by atoms with Gasteiger partial charge in [0.05, 0.1) is 11.9 Å². The van der Waals surface area contributed by atoms with E-state index in [0.29, 0.717) is 18.0 Å². The van der Waals surface area contributed by atoms with Crippen LogP contribution in [-0.4, -0.2) is 22.3 Å². The molecule has 6 nitrogen and oxygen atoms in total. The second-order valence-electron chi connectivity index (χ2n) is 7.08. The largest absolute Gasteiger partial charge is 0.489 e. The molecule has 0 spiro atoms. The molecule has 0 aliphatic heterocycles. The molecule has 0 saturated carbocycles. The summed E-state index contributed by atoms with van der Waals surface area (Å²) in [7, 11) is 0. The van der Waals surface area contributed by atoms with Crippen LogP contribution < -0.4 is 10.2 Å². The highest BCUT2D eigenvalue weighted by Gasteiger charge is 2.11. The maximum Gasteiger partial charge on any atom is 0.289 e. The first-order chi connectivity index (χ1) is 15.2. The van der Waals surface area contributed by atoms with E-state index in [2.05, 4.69) is 20.7 Å². The maximum absolute atomic E-state index is 12.3. The van der Waals surface area contributed by atoms with Gasteiger partial charge < -0.3 is 4.74 Å². The monoisotopic (exact) mass is 410 g/mol. The van der Waals surface area contributed by atoms with Gasteiger partial charge in [-0.3, -0.25) is 9.89 Å². The molecular formula is C25H22N4O2. The van der Waals surface area contributed by atoms with Crippen molar-refractivity contribution in [2.45, 2.75) is 13.5 Å². The predicted molar refractivity (Wildman–Crippen MR) is 121 cm³/mol. The SMILES string of the molecule is Cc1ccc(/C=N\NC(=O)c2cc(-c3cccc(OCc4ccccc4)c3)n[nH]2)cc1. The summed E-state index contributed by atoms with van der Waals surface area (Å²) in [5.41, 5.74) is 7.51. The number of benzene rings is 3. The van der Waals surface area contributed by atoms with Crippen molar-refractivity contribution in [3.05, 3.63) is 107 Å². The number of hydrogen-bond acceptors (Lipinski definition) is 4. The number of nitrogens with zero attached hydrogens (tertiary/aromatic N) is 2. The molecule has 0 fully saturated rings. The molecule has 1 aromatic heterocycles. The summed E-state index contributed by atoms with van der Waals surface area (Å²) in [4.78, 5) is 12.3. The average Bonchev–Trinajstić information content (AvgIpc) is 3.30. The van der Waals surface area contributed by atoms with Crippen LogP contribution in [-0.2, 0) is 6.61 Å². The molecule has 31 heavy (non-hydrogen) atoms. The van der Waals surface area contributed by atoms with Crippen LogP contribution in [0.15, 0.2) is 90.0 Å². The zero-order valence-electron chi connectivity index (χ0n) is 17.1. The third-order valence-electron chi connectivity index (χ3n) is 4.66. The molecule has 4 rings (SSSR count). The van der Waals surface area contributed by atoms with Gasteiger partial charge in [-0.05, 0) is 36.2 Å². The van der Waals surface area contributed by atoms with E-state index in [1.165, 1.54) is 5.56 Å². The fraction of sp³-hybridized carbons (Fsp3) is 0.0800. The normalized spacial score (nSPS) is 10.9. The number of hydrogen-bond donors (Lipinski definition) is 2. The summed E-state index contributed by atoms with van der Waals surface area (Å²) >= 11 is 0. The summed E-state index contributed by atoms with van der Waals surface area (Å²) in [6, 6.07) is 27.1. The fourth-order valence-electron chi connectivity index (χ4n) is 2.95. The van der Waals surface area contributed by atoms with Crippen LogP contribution >= 0.6 is 0 Å². The molecule has 0 saturated heterocycles. The lowest BCUT2D eigenvalue weighted by Crippen LogP contribution is -2.17. The number of carbonyl (C=O) groups excluding carboxylic acids is 1. The smallest absolute Gasteiger partial charge is 0.289 e. The molecule has 4 aromatic rings. The first kappa shape index (κ1) is 20.1. The number of hydrazone groups is 1. The van der Waals surface area contributed by atoms with Crippen molar-refractivity contribution in [2.75, 3.05) is 0 Å². The number of aromatic amines is 1. The zero-order chi connectivity index (χ0) is 21.5. The minimum absolute atomic E-state index is 0.326. The van der Waals surface area contributed by atoms with Gasteiger partial charge in [-0.1, -0.05) is 72.3 Å². The Balaban J connectivity index is 1.38. The summed E-state index contributed by atoms with van der Waals surface area (Å²) in [5.74, 6) is 0.372. The van der Waals surface area contributed by atoms with E-state index in [0.717, 1.165) is 22.4 Å². The molecule has 0 aliphatic rings. The van der Waals surface area contributed by atoms with E-state index < -0.39 is 0 Å². The molecule has 3 aromatic carbocycles. The Morgan fingerprint density at radius 3 is 2.65 bits per heavy atom. The molecule has 0 aliphatic carbocycles. The second kappa shape index (κ2) is 9.54. The van der Waals surface area contributed by atoms with Crippen LogP contribution in [0.2, 0.25) is 0 Å². The Morgan fingerprint density at radius 1 is 1.03 bits per heavy atom. The molecule has 1 amide bonds. The van der Waals surface area contributed by atoms with E-state index >= 15 is 0 Å². The van der Waals surface area contributed by atoms with Gasteiger partial charge >= 0.3 is 0 Å². The van der Waals surface area contributed by atoms with Crippen molar-refractivity contribution < 1.29 is 9.53 Å². The van der Waals surface area contributed by atoms with Crippen molar-refractivity contribution in [2.24, 2.45) is 5.10 Å². The van der Waals surface area contributed by atoms with Gasteiger partial charge in [0.2, 0.25) is 0 Å². The van der Waals surface area contributed by atoms with Gasteiger partial charge in [0.15, 0.2) is 0 Å². The molecule has 2 N–H and O–H groups in total. The van der Waals surface area contributed by atoms with E-state index in [1.54, 1.807) is 12.3 Å². The number of amides is 1. The molecule has 154 valence electrons. The Morgan fingerprint density at radius 2 is 1.84 bits per heavy atom. The first-order valence-corrected chi connectivity index (χ1v) is 9.90. The quantitative estimate of drug-likeness (QED) is 0.342. The van der Waals surface area contributed by atoms with Crippen LogP contribution in [0.4, 0.5) is 0 Å². The Kier molecular flexibility index (Phi) is 6.18. The van der Waals surface area contributed by atoms with Gasteiger partial charge in [0.1, 0.15) is 18.1 Å². The van der Waals surface area contributed by atoms with Crippen LogP contribution in [0, 0.1) is 6.92 Å². The number of aromatic nitrogens is 2. The fourth-order valence-corrected chi connectivity index (χ4v) is 2.95. The van der Waals surface area contributed by atoms with Crippen LogP contribution in [0.1, 0.15) is 27.2 Å². The molecule has 0 atom stereocenters. The number of nitrogens with one attached hydrogen (secondary N) is 2. The van der Waals surface area contributed by atoms with Crippen LogP contribution in [0.25, 0.3) is 11.3 Å². The van der Waals surface area contributed by atoms with Crippen LogP contribution in [0.3, 0.4) is 0 Å². The van der Waals surface area contributed by atoms with Crippen molar-refractivity contribution in [3.8, 4) is 17.0 Å². The number of H-pyrrole nitrogens is 1. The van der Waals surface area contributed by atoms with E-state index in [4.69, 9.17) is 4.74 Å². The molecule has 0 radical (unpaired) electrons. The van der Waals surface area contributed by atoms with Crippen molar-refractivity contribution in [3.63, 3.8) is 0 Å². The van der Waals surface area contributed by atoms with Gasteiger partial charge in [-0.25, -0.2) is 5.43 Å². The van der Waals surface area contributed by atoms with Gasteiger partial charge in [-0.2, -0.15) is 10.2 Å². The molecule has 0 bridgehead atoms. The number of ether oxygens (including phenoxy) is 1. The topological polar surface area (TPSA) is 79.4 Å². The standard InChI is InChI=1S/C25H22N4O2/c1-18-10-12-19(13-11-18)16-26-29-25(30)24-15-23(27-28-24)21-8-5-9-22(14-21)31-17-20-6-3-2-4-7-20/h2-16H,17H2,1H3,(H,27,28)(H,29,30)/b26-16-. The third-order valence-corrected chi connectivity index (χ3v) is 4.66. The van der Waals surface area contributed by atoms with Gasteiger partial charge in [0, 0.05) is 5.56 Å². The lowest BCUT2D eigenvalue weighted by molar-refractivity contribution is 0.0950. The Hall–Kier alpha value is -4.19. The van der Waals surface area contributed by atoms with Crippen molar-refractivity contribution in [1.29, 1.82) is 0 Å². The molecule has 0 unspecified atom stereocenters. The minimum Gasteiger partial charge on any atom is -0.489 e. The average molecular weight is 410 g/mol. The maximum atomic E-state index is 12.3. The number of carbonyl (C=O) groups is 1. The van der Waals surface area contributed by atoms with Crippen molar-refractivity contribution >= 4 is 12.1 Å². The van der Waals surface area contributed by atoms with Gasteiger partial charge in [-0.15, -0.1) is 0 Å². The molecular weight excluding hydrogens is 388 g/mol. The Bertz CT molecular complexity index is 1180. The lowest BCUT2D eigenvalue weighted by atomic mass is 10.1. The highest BCUT2D eigenvalue weighted by atomic mass is 16.5. The number of rotatable bonds is 7. The third kappa shape index (κ3) is 5.45. The summed E-state index contributed by atoms with van der Waals surface area (Å²) in [5, 5.41) is 11.0. The van der Waals surface area contributed by atoms with E-state index in [1.807, 2.05) is 85.8 Å². The highest BCUT2D eigenvalue weighted by Crippen LogP contribution is 2.23. The highest BCUT2D eigenvalue weighted by molar-refractivity contribution is 5.94. The Labute approximate surface area is 180 Å². The second-order valence-corrected chi connectivity index (χ2v) is 7.08. The minimum atomic E-state index is -0.362.